The number of carbonyl (C=O) groups excluding carboxylic acids is 1. The van der Waals surface area contributed by atoms with Crippen molar-refractivity contribution in [2.75, 3.05) is 26.2 Å². The number of hydrogen-bond acceptors (Lipinski definition) is 2. The maximum atomic E-state index is 13.3. The van der Waals surface area contributed by atoms with E-state index >= 15 is 0 Å². The van der Waals surface area contributed by atoms with E-state index in [0.29, 0.717) is 5.91 Å². The summed E-state index contributed by atoms with van der Waals surface area (Å²) >= 11 is 0. The SMILES string of the molecule is O=C(N1CC[C@@H]2CCCC[C@H]2C1)C1(Cc2ccccc2)CNC1. The van der Waals surface area contributed by atoms with E-state index in [1.54, 1.807) is 0 Å². The van der Waals surface area contributed by atoms with E-state index in [-0.39, 0.29) is 5.41 Å². The maximum Gasteiger partial charge on any atom is 0.231 e. The average Bonchev–Trinajstić information content (AvgIpc) is 2.58. The van der Waals surface area contributed by atoms with Crippen LogP contribution in [0.5, 0.6) is 0 Å². The Hall–Kier alpha value is -1.35. The van der Waals surface area contributed by atoms with E-state index in [9.17, 15) is 4.79 Å². The van der Waals surface area contributed by atoms with Gasteiger partial charge in [-0.3, -0.25) is 4.79 Å². The number of rotatable bonds is 3. The molecule has 3 fully saturated rings. The quantitative estimate of drug-likeness (QED) is 0.931. The molecule has 3 aliphatic rings. The molecule has 2 aliphatic heterocycles. The topological polar surface area (TPSA) is 32.3 Å². The zero-order valence-corrected chi connectivity index (χ0v) is 14.0. The highest BCUT2D eigenvalue weighted by Gasteiger charge is 2.47. The number of nitrogens with zero attached hydrogens (tertiary/aromatic N) is 1. The van der Waals surface area contributed by atoms with Crippen LogP contribution in [0.25, 0.3) is 0 Å². The summed E-state index contributed by atoms with van der Waals surface area (Å²) in [5, 5.41) is 3.35. The van der Waals surface area contributed by atoms with Crippen LogP contribution in [0.3, 0.4) is 0 Å². The summed E-state index contributed by atoms with van der Waals surface area (Å²) in [6.07, 6.45) is 7.59. The van der Waals surface area contributed by atoms with Crippen LogP contribution in [0.15, 0.2) is 30.3 Å². The van der Waals surface area contributed by atoms with Crippen molar-refractivity contribution in [1.82, 2.24) is 10.2 Å². The summed E-state index contributed by atoms with van der Waals surface area (Å²) in [6.45, 7) is 3.67. The number of amides is 1. The Morgan fingerprint density at radius 2 is 1.83 bits per heavy atom. The Balaban J connectivity index is 1.46. The number of nitrogens with one attached hydrogen (secondary N) is 1. The summed E-state index contributed by atoms with van der Waals surface area (Å²) < 4.78 is 0. The Bertz CT molecular complexity index is 552. The van der Waals surface area contributed by atoms with E-state index in [1.165, 1.54) is 37.7 Å². The molecule has 1 N–H and O–H groups in total. The number of carbonyl (C=O) groups is 1. The molecule has 2 saturated heterocycles. The number of piperidine rings is 1. The Labute approximate surface area is 139 Å². The standard InChI is InChI=1S/C20H28N2O/c23-19(22-11-10-17-8-4-5-9-18(17)13-22)20(14-21-15-20)12-16-6-2-1-3-7-16/h1-3,6-7,17-18,21H,4-5,8-15H2/t17-,18-/m0/s1. The van der Waals surface area contributed by atoms with Crippen LogP contribution in [0.1, 0.15) is 37.7 Å². The van der Waals surface area contributed by atoms with Crippen LogP contribution in [0.2, 0.25) is 0 Å². The minimum absolute atomic E-state index is 0.192. The molecule has 124 valence electrons. The third-order valence-electron chi connectivity index (χ3n) is 6.34. The second kappa shape index (κ2) is 6.27. The number of likely N-dealkylation sites (tertiary alicyclic amines) is 1. The van der Waals surface area contributed by atoms with Gasteiger partial charge in [-0.15, -0.1) is 0 Å². The molecule has 0 spiro atoms. The van der Waals surface area contributed by atoms with Gasteiger partial charge in [0.05, 0.1) is 5.41 Å². The van der Waals surface area contributed by atoms with Gasteiger partial charge in [0.2, 0.25) is 5.91 Å². The lowest BCUT2D eigenvalue weighted by Gasteiger charge is -2.48. The average molecular weight is 312 g/mol. The highest BCUT2D eigenvalue weighted by Crippen LogP contribution is 2.38. The lowest BCUT2D eigenvalue weighted by atomic mass is 9.72. The summed E-state index contributed by atoms with van der Waals surface area (Å²) in [5.41, 5.74) is 1.10. The zero-order chi connectivity index (χ0) is 15.7. The van der Waals surface area contributed by atoms with Gasteiger partial charge < -0.3 is 10.2 Å². The molecule has 0 aromatic heterocycles. The van der Waals surface area contributed by atoms with Gasteiger partial charge in [0.1, 0.15) is 0 Å². The number of hydrogen-bond donors (Lipinski definition) is 1. The second-order valence-corrected chi connectivity index (χ2v) is 7.89. The fourth-order valence-electron chi connectivity index (χ4n) is 4.89. The van der Waals surface area contributed by atoms with Crippen molar-refractivity contribution >= 4 is 5.91 Å². The summed E-state index contributed by atoms with van der Waals surface area (Å²) in [4.78, 5) is 15.5. The molecule has 23 heavy (non-hydrogen) atoms. The van der Waals surface area contributed by atoms with Gasteiger partial charge in [0, 0.05) is 26.2 Å². The third-order valence-corrected chi connectivity index (χ3v) is 6.34. The predicted octanol–water partition coefficient (Wildman–Crippen LogP) is 2.86. The molecule has 1 aliphatic carbocycles. The highest BCUT2D eigenvalue weighted by atomic mass is 16.2. The van der Waals surface area contributed by atoms with Gasteiger partial charge in [0.25, 0.3) is 0 Å². The summed E-state index contributed by atoms with van der Waals surface area (Å²) in [7, 11) is 0. The fraction of sp³-hybridized carbons (Fsp3) is 0.650. The summed E-state index contributed by atoms with van der Waals surface area (Å²) in [5.74, 6) is 2.06. The first kappa shape index (κ1) is 15.2. The smallest absolute Gasteiger partial charge is 0.231 e. The predicted molar refractivity (Wildman–Crippen MR) is 92.1 cm³/mol. The van der Waals surface area contributed by atoms with Crippen LogP contribution in [-0.4, -0.2) is 37.0 Å². The molecule has 0 unspecified atom stereocenters. The Morgan fingerprint density at radius 1 is 1.09 bits per heavy atom. The van der Waals surface area contributed by atoms with Crippen LogP contribution >= 0.6 is 0 Å². The van der Waals surface area contributed by atoms with Gasteiger partial charge in [-0.05, 0) is 36.7 Å². The van der Waals surface area contributed by atoms with Gasteiger partial charge >= 0.3 is 0 Å². The minimum Gasteiger partial charge on any atom is -0.342 e. The molecule has 0 bridgehead atoms. The van der Waals surface area contributed by atoms with Crippen LogP contribution in [-0.2, 0) is 11.2 Å². The van der Waals surface area contributed by atoms with Gasteiger partial charge in [0.15, 0.2) is 0 Å². The lowest BCUT2D eigenvalue weighted by molar-refractivity contribution is -0.148. The van der Waals surface area contributed by atoms with Crippen LogP contribution in [0, 0.1) is 17.3 Å². The van der Waals surface area contributed by atoms with Crippen LogP contribution in [0.4, 0.5) is 0 Å². The molecule has 3 heteroatoms. The van der Waals surface area contributed by atoms with E-state index in [0.717, 1.165) is 44.4 Å². The van der Waals surface area contributed by atoms with Crippen molar-refractivity contribution in [2.24, 2.45) is 17.3 Å². The Kier molecular flexibility index (Phi) is 4.14. The molecule has 1 saturated carbocycles. The van der Waals surface area contributed by atoms with Gasteiger partial charge in [-0.25, -0.2) is 0 Å². The Morgan fingerprint density at radius 3 is 2.52 bits per heavy atom. The number of benzene rings is 1. The normalized spacial score (nSPS) is 29.5. The van der Waals surface area contributed by atoms with Crippen molar-refractivity contribution in [3.8, 4) is 0 Å². The molecule has 1 aromatic rings. The van der Waals surface area contributed by atoms with Gasteiger partial charge in [-0.1, -0.05) is 49.6 Å². The van der Waals surface area contributed by atoms with Crippen LogP contribution < -0.4 is 5.32 Å². The zero-order valence-electron chi connectivity index (χ0n) is 14.0. The van der Waals surface area contributed by atoms with E-state index < -0.39 is 0 Å². The number of fused-ring (bicyclic) bond motifs is 1. The van der Waals surface area contributed by atoms with E-state index in [2.05, 4.69) is 34.5 Å². The van der Waals surface area contributed by atoms with Crippen molar-refractivity contribution in [3.63, 3.8) is 0 Å². The first-order chi connectivity index (χ1) is 11.3. The molecule has 2 atom stereocenters. The fourth-order valence-corrected chi connectivity index (χ4v) is 4.89. The first-order valence-electron chi connectivity index (χ1n) is 9.31. The lowest BCUT2D eigenvalue weighted by Crippen LogP contribution is -2.64. The van der Waals surface area contributed by atoms with Gasteiger partial charge in [-0.2, -0.15) is 0 Å². The minimum atomic E-state index is -0.192. The first-order valence-corrected chi connectivity index (χ1v) is 9.31. The monoisotopic (exact) mass is 312 g/mol. The molecule has 0 radical (unpaired) electrons. The van der Waals surface area contributed by atoms with Crippen molar-refractivity contribution in [1.29, 1.82) is 0 Å². The van der Waals surface area contributed by atoms with E-state index in [4.69, 9.17) is 0 Å². The molecular formula is C20H28N2O. The van der Waals surface area contributed by atoms with Crippen molar-refractivity contribution < 1.29 is 4.79 Å². The van der Waals surface area contributed by atoms with E-state index in [1.807, 2.05) is 6.07 Å². The highest BCUT2D eigenvalue weighted by molar-refractivity contribution is 5.85. The third kappa shape index (κ3) is 2.91. The maximum absolute atomic E-state index is 13.3. The molecule has 3 nitrogen and oxygen atoms in total. The molecule has 2 heterocycles. The molecular weight excluding hydrogens is 284 g/mol. The molecule has 1 aromatic carbocycles. The summed E-state index contributed by atoms with van der Waals surface area (Å²) in [6, 6.07) is 10.5. The second-order valence-electron chi connectivity index (χ2n) is 7.89. The van der Waals surface area contributed by atoms with Crippen molar-refractivity contribution in [3.05, 3.63) is 35.9 Å². The van der Waals surface area contributed by atoms with Crippen molar-refractivity contribution in [2.45, 2.75) is 38.5 Å². The molecule has 1 amide bonds. The largest absolute Gasteiger partial charge is 0.342 e. The molecule has 4 rings (SSSR count).